The first kappa shape index (κ1) is 15.5. The maximum Gasteiger partial charge on any atom is 0.249 e. The van der Waals surface area contributed by atoms with Crippen LogP contribution in [0.2, 0.25) is 10.0 Å². The number of pyridine rings is 1. The quantitative estimate of drug-likeness (QED) is 0.836. The molecule has 3 nitrogen and oxygen atoms in total. The largest absolute Gasteiger partial charge is 0.307 e. The first-order valence-electron chi connectivity index (χ1n) is 6.34. The van der Waals surface area contributed by atoms with Gasteiger partial charge in [-0.15, -0.1) is 0 Å². The van der Waals surface area contributed by atoms with E-state index in [1.54, 1.807) is 30.3 Å². The van der Waals surface area contributed by atoms with E-state index in [2.05, 4.69) is 10.3 Å². The van der Waals surface area contributed by atoms with Crippen molar-refractivity contribution in [1.29, 1.82) is 0 Å². The van der Waals surface area contributed by atoms with Crippen molar-refractivity contribution in [2.45, 2.75) is 13.8 Å². The summed E-state index contributed by atoms with van der Waals surface area (Å²) < 4.78 is 0. The Morgan fingerprint density at radius 2 is 1.86 bits per heavy atom. The van der Waals surface area contributed by atoms with Gasteiger partial charge >= 0.3 is 0 Å². The average Bonchev–Trinajstić information content (AvgIpc) is 2.36. The van der Waals surface area contributed by atoms with Crippen LogP contribution in [0.15, 0.2) is 36.4 Å². The number of carbonyl (C=O) groups is 1. The Balaban J connectivity index is 2.13. The van der Waals surface area contributed by atoms with E-state index in [0.29, 0.717) is 21.4 Å². The second-order valence-electron chi connectivity index (χ2n) is 4.63. The molecule has 108 valence electrons. The molecule has 0 aliphatic heterocycles. The van der Waals surface area contributed by atoms with Gasteiger partial charge in [-0.3, -0.25) is 4.79 Å². The molecule has 1 N–H and O–H groups in total. The molecule has 1 aromatic carbocycles. The standard InChI is InChI=1S/C16H14Cl2N2O/c1-10-8-11(2)19-15(9-10)20-16(21)7-6-12-13(17)4-3-5-14(12)18/h3-9H,1-2H3,(H,19,20,21). The van der Waals surface area contributed by atoms with Gasteiger partial charge in [-0.25, -0.2) is 4.98 Å². The second kappa shape index (κ2) is 6.74. The number of amides is 1. The Morgan fingerprint density at radius 3 is 2.48 bits per heavy atom. The van der Waals surface area contributed by atoms with Crippen LogP contribution >= 0.6 is 23.2 Å². The lowest BCUT2D eigenvalue weighted by Gasteiger charge is -2.04. The van der Waals surface area contributed by atoms with Crippen molar-refractivity contribution in [1.82, 2.24) is 4.98 Å². The number of hydrogen-bond donors (Lipinski definition) is 1. The molecular formula is C16H14Cl2N2O. The topological polar surface area (TPSA) is 42.0 Å². The number of aryl methyl sites for hydroxylation is 2. The van der Waals surface area contributed by atoms with Crippen LogP contribution in [-0.4, -0.2) is 10.9 Å². The summed E-state index contributed by atoms with van der Waals surface area (Å²) >= 11 is 12.1. The molecule has 0 saturated heterocycles. The molecule has 0 atom stereocenters. The van der Waals surface area contributed by atoms with E-state index >= 15 is 0 Å². The van der Waals surface area contributed by atoms with Crippen LogP contribution in [-0.2, 0) is 4.79 Å². The van der Waals surface area contributed by atoms with Gasteiger partial charge in [0.05, 0.1) is 0 Å². The number of carbonyl (C=O) groups excluding carboxylic acids is 1. The summed E-state index contributed by atoms with van der Waals surface area (Å²) in [4.78, 5) is 16.2. The van der Waals surface area contributed by atoms with E-state index < -0.39 is 0 Å². The summed E-state index contributed by atoms with van der Waals surface area (Å²) in [6.45, 7) is 3.83. The van der Waals surface area contributed by atoms with Crippen molar-refractivity contribution in [3.8, 4) is 0 Å². The highest BCUT2D eigenvalue weighted by molar-refractivity contribution is 6.37. The van der Waals surface area contributed by atoms with Crippen LogP contribution < -0.4 is 5.32 Å². The molecule has 0 aliphatic carbocycles. The lowest BCUT2D eigenvalue weighted by molar-refractivity contribution is -0.111. The minimum atomic E-state index is -0.288. The summed E-state index contributed by atoms with van der Waals surface area (Å²) in [7, 11) is 0. The van der Waals surface area contributed by atoms with E-state index in [1.165, 1.54) is 6.08 Å². The van der Waals surface area contributed by atoms with Gasteiger partial charge in [-0.2, -0.15) is 0 Å². The van der Waals surface area contributed by atoms with Crippen LogP contribution in [0.4, 0.5) is 5.82 Å². The maximum atomic E-state index is 11.9. The monoisotopic (exact) mass is 320 g/mol. The van der Waals surface area contributed by atoms with Crippen molar-refractivity contribution < 1.29 is 4.79 Å². The number of nitrogens with zero attached hydrogens (tertiary/aromatic N) is 1. The predicted molar refractivity (Wildman–Crippen MR) is 87.8 cm³/mol. The van der Waals surface area contributed by atoms with Crippen LogP contribution in [0, 0.1) is 13.8 Å². The lowest BCUT2D eigenvalue weighted by Crippen LogP contribution is -2.09. The summed E-state index contributed by atoms with van der Waals surface area (Å²) in [6, 6.07) is 8.94. The molecule has 0 bridgehead atoms. The number of aromatic nitrogens is 1. The first-order valence-corrected chi connectivity index (χ1v) is 7.09. The summed E-state index contributed by atoms with van der Waals surface area (Å²) in [5.41, 5.74) is 2.50. The van der Waals surface area contributed by atoms with Crippen molar-refractivity contribution in [2.24, 2.45) is 0 Å². The highest BCUT2D eigenvalue weighted by Crippen LogP contribution is 2.25. The van der Waals surface area contributed by atoms with Crippen LogP contribution in [0.3, 0.4) is 0 Å². The molecular weight excluding hydrogens is 307 g/mol. The highest BCUT2D eigenvalue weighted by atomic mass is 35.5. The Kier molecular flexibility index (Phi) is 4.99. The summed E-state index contributed by atoms with van der Waals surface area (Å²) in [5.74, 6) is 0.232. The third-order valence-electron chi connectivity index (χ3n) is 2.75. The van der Waals surface area contributed by atoms with Gasteiger partial charge in [0.25, 0.3) is 0 Å². The molecule has 0 saturated carbocycles. The van der Waals surface area contributed by atoms with Gasteiger partial charge in [0.15, 0.2) is 0 Å². The zero-order chi connectivity index (χ0) is 15.4. The first-order chi connectivity index (χ1) is 9.95. The SMILES string of the molecule is Cc1cc(C)nc(NC(=O)C=Cc2c(Cl)cccc2Cl)c1. The summed E-state index contributed by atoms with van der Waals surface area (Å²) in [5, 5.41) is 3.70. The van der Waals surface area contributed by atoms with Crippen molar-refractivity contribution >= 4 is 41.0 Å². The molecule has 0 spiro atoms. The fourth-order valence-electron chi connectivity index (χ4n) is 1.90. The molecule has 0 unspecified atom stereocenters. The van der Waals surface area contributed by atoms with Gasteiger partial charge < -0.3 is 5.32 Å². The number of nitrogens with one attached hydrogen (secondary N) is 1. The fraction of sp³-hybridized carbons (Fsp3) is 0.125. The lowest BCUT2D eigenvalue weighted by atomic mass is 10.2. The van der Waals surface area contributed by atoms with Gasteiger partial charge in [-0.1, -0.05) is 29.3 Å². The number of halogens is 2. The molecule has 0 radical (unpaired) electrons. The highest BCUT2D eigenvalue weighted by Gasteiger charge is 2.04. The third kappa shape index (κ3) is 4.31. The minimum Gasteiger partial charge on any atom is -0.307 e. The van der Waals surface area contributed by atoms with Crippen LogP contribution in [0.1, 0.15) is 16.8 Å². The Hall–Kier alpha value is -1.84. The molecule has 1 heterocycles. The second-order valence-corrected chi connectivity index (χ2v) is 5.44. The van der Waals surface area contributed by atoms with Crippen molar-refractivity contribution in [3.63, 3.8) is 0 Å². The zero-order valence-corrected chi connectivity index (χ0v) is 13.2. The number of hydrogen-bond acceptors (Lipinski definition) is 2. The van der Waals surface area contributed by atoms with E-state index in [0.717, 1.165) is 11.3 Å². The van der Waals surface area contributed by atoms with Crippen molar-refractivity contribution in [3.05, 3.63) is 63.3 Å². The molecule has 21 heavy (non-hydrogen) atoms. The van der Waals surface area contributed by atoms with E-state index in [4.69, 9.17) is 23.2 Å². The smallest absolute Gasteiger partial charge is 0.249 e. The number of rotatable bonds is 3. The van der Waals surface area contributed by atoms with Gasteiger partial charge in [0, 0.05) is 27.4 Å². The van der Waals surface area contributed by atoms with Crippen LogP contribution in [0.25, 0.3) is 6.08 Å². The Morgan fingerprint density at radius 1 is 1.19 bits per heavy atom. The predicted octanol–water partition coefficient (Wildman–Crippen LogP) is 4.66. The third-order valence-corrected chi connectivity index (χ3v) is 3.41. The normalized spacial score (nSPS) is 10.9. The van der Waals surface area contributed by atoms with Gasteiger partial charge in [0.1, 0.15) is 5.82 Å². The van der Waals surface area contributed by atoms with E-state index in [1.807, 2.05) is 19.9 Å². The molecule has 0 aliphatic rings. The molecule has 0 fully saturated rings. The molecule has 2 rings (SSSR count). The molecule has 1 amide bonds. The van der Waals surface area contributed by atoms with Gasteiger partial charge in [0.2, 0.25) is 5.91 Å². The average molecular weight is 321 g/mol. The zero-order valence-electron chi connectivity index (χ0n) is 11.7. The van der Waals surface area contributed by atoms with E-state index in [9.17, 15) is 4.79 Å². The Labute approximate surface area is 133 Å². The number of anilines is 1. The van der Waals surface area contributed by atoms with Gasteiger partial charge in [-0.05, 0) is 49.8 Å². The number of benzene rings is 1. The van der Waals surface area contributed by atoms with Crippen LogP contribution in [0.5, 0.6) is 0 Å². The fourth-order valence-corrected chi connectivity index (χ4v) is 2.43. The summed E-state index contributed by atoms with van der Waals surface area (Å²) in [6.07, 6.45) is 2.97. The van der Waals surface area contributed by atoms with Crippen molar-refractivity contribution in [2.75, 3.05) is 5.32 Å². The molecule has 5 heteroatoms. The maximum absolute atomic E-state index is 11.9. The Bertz CT molecular complexity index is 671. The molecule has 1 aromatic heterocycles. The minimum absolute atomic E-state index is 0.288. The molecule has 2 aromatic rings. The van der Waals surface area contributed by atoms with E-state index in [-0.39, 0.29) is 5.91 Å².